The first-order valence-electron chi connectivity index (χ1n) is 8.90. The molecule has 8 heteroatoms. The van der Waals surface area contributed by atoms with Crippen LogP contribution < -0.4 is 15.9 Å². The zero-order chi connectivity index (χ0) is 18.8. The summed E-state index contributed by atoms with van der Waals surface area (Å²) in [5, 5.41) is 7.18. The summed E-state index contributed by atoms with van der Waals surface area (Å²) < 4.78 is 8.08. The highest BCUT2D eigenvalue weighted by Gasteiger charge is 2.17. The average Bonchev–Trinajstić information content (AvgIpc) is 3.18. The molecule has 0 bridgehead atoms. The minimum Gasteiger partial charge on any atom is -0.378 e. The number of nitrogens with zero attached hydrogens (tertiary/aromatic N) is 4. The number of carbonyl (C=O) groups is 1. The van der Waals surface area contributed by atoms with Gasteiger partial charge in [-0.05, 0) is 31.2 Å². The Hall–Kier alpha value is -3.13. The van der Waals surface area contributed by atoms with Crippen LogP contribution >= 0.6 is 0 Å². The van der Waals surface area contributed by atoms with Crippen molar-refractivity contribution in [3.63, 3.8) is 0 Å². The lowest BCUT2D eigenvalue weighted by Gasteiger charge is -2.30. The Morgan fingerprint density at radius 2 is 1.96 bits per heavy atom. The maximum atomic E-state index is 12.6. The molecule has 1 fully saturated rings. The Bertz CT molecular complexity index is 1030. The molecule has 4 rings (SSSR count). The van der Waals surface area contributed by atoms with Crippen LogP contribution in [0.15, 0.2) is 47.4 Å². The monoisotopic (exact) mass is 367 g/mol. The van der Waals surface area contributed by atoms with Gasteiger partial charge in [-0.3, -0.25) is 9.20 Å². The van der Waals surface area contributed by atoms with Gasteiger partial charge < -0.3 is 15.0 Å². The highest BCUT2D eigenvalue weighted by atomic mass is 16.5. The third kappa shape index (κ3) is 3.43. The Morgan fingerprint density at radius 3 is 2.78 bits per heavy atom. The van der Waals surface area contributed by atoms with Gasteiger partial charge in [0, 0.05) is 19.3 Å². The second-order valence-corrected chi connectivity index (χ2v) is 6.45. The summed E-state index contributed by atoms with van der Waals surface area (Å²) in [6, 6.07) is 11.3. The van der Waals surface area contributed by atoms with E-state index in [0.29, 0.717) is 18.9 Å². The van der Waals surface area contributed by atoms with Crippen molar-refractivity contribution in [3.8, 4) is 0 Å². The number of morpholine rings is 1. The number of amides is 1. The first-order chi connectivity index (χ1) is 13.1. The van der Waals surface area contributed by atoms with Crippen LogP contribution in [0, 0.1) is 6.92 Å². The van der Waals surface area contributed by atoms with Crippen molar-refractivity contribution in [1.82, 2.24) is 14.2 Å². The molecule has 0 saturated carbocycles. The highest BCUT2D eigenvalue weighted by Crippen LogP contribution is 2.26. The number of para-hydroxylation sites is 2. The minimum atomic E-state index is -0.336. The molecule has 1 amide bonds. The van der Waals surface area contributed by atoms with Gasteiger partial charge in [0.05, 0.1) is 35.8 Å². The summed E-state index contributed by atoms with van der Waals surface area (Å²) >= 11 is 0. The van der Waals surface area contributed by atoms with Crippen LogP contribution in [0.4, 0.5) is 11.4 Å². The van der Waals surface area contributed by atoms with Crippen molar-refractivity contribution in [2.24, 2.45) is 0 Å². The highest BCUT2D eigenvalue weighted by molar-refractivity contribution is 5.94. The fraction of sp³-hybridized carbons (Fsp3) is 0.316. The van der Waals surface area contributed by atoms with E-state index in [-0.39, 0.29) is 18.1 Å². The zero-order valence-electron chi connectivity index (χ0n) is 15.1. The third-order valence-corrected chi connectivity index (χ3v) is 4.64. The number of nitrogens with one attached hydrogen (secondary N) is 1. The number of rotatable bonds is 4. The van der Waals surface area contributed by atoms with Crippen LogP contribution in [-0.2, 0) is 16.1 Å². The molecule has 3 aromatic rings. The van der Waals surface area contributed by atoms with Crippen molar-refractivity contribution >= 4 is 22.8 Å². The number of hydrogen-bond donors (Lipinski definition) is 1. The number of hydrogen-bond acceptors (Lipinski definition) is 5. The van der Waals surface area contributed by atoms with Crippen molar-refractivity contribution in [2.45, 2.75) is 13.5 Å². The van der Waals surface area contributed by atoms with Gasteiger partial charge in [-0.25, -0.2) is 9.48 Å². The molecule has 3 heterocycles. The fourth-order valence-corrected chi connectivity index (χ4v) is 3.33. The normalized spacial score (nSPS) is 14.5. The van der Waals surface area contributed by atoms with Gasteiger partial charge in [-0.1, -0.05) is 12.1 Å². The second kappa shape index (κ2) is 7.24. The lowest BCUT2D eigenvalue weighted by molar-refractivity contribution is -0.117. The molecule has 1 saturated heterocycles. The van der Waals surface area contributed by atoms with Crippen LogP contribution in [0.1, 0.15) is 5.69 Å². The van der Waals surface area contributed by atoms with Gasteiger partial charge in [-0.15, -0.1) is 0 Å². The van der Waals surface area contributed by atoms with Crippen LogP contribution in [0.25, 0.3) is 5.52 Å². The molecule has 0 aliphatic carbocycles. The van der Waals surface area contributed by atoms with Crippen molar-refractivity contribution in [3.05, 3.63) is 58.8 Å². The molecular weight excluding hydrogens is 346 g/mol. The first-order valence-corrected chi connectivity index (χ1v) is 8.90. The second-order valence-electron chi connectivity index (χ2n) is 6.45. The molecule has 0 unspecified atom stereocenters. The van der Waals surface area contributed by atoms with Crippen LogP contribution in [-0.4, -0.2) is 46.4 Å². The average molecular weight is 367 g/mol. The van der Waals surface area contributed by atoms with Crippen molar-refractivity contribution < 1.29 is 9.53 Å². The van der Waals surface area contributed by atoms with Crippen LogP contribution in [0.3, 0.4) is 0 Å². The Labute approximate surface area is 156 Å². The quantitative estimate of drug-likeness (QED) is 0.751. The Morgan fingerprint density at radius 1 is 1.19 bits per heavy atom. The number of ether oxygens (including phenoxy) is 1. The molecule has 27 heavy (non-hydrogen) atoms. The fourth-order valence-electron chi connectivity index (χ4n) is 3.33. The smallest absolute Gasteiger partial charge is 0.349 e. The largest absolute Gasteiger partial charge is 0.378 e. The molecule has 8 nitrogen and oxygen atoms in total. The van der Waals surface area contributed by atoms with Crippen LogP contribution in [0.5, 0.6) is 0 Å². The molecule has 140 valence electrons. The Kier molecular flexibility index (Phi) is 4.64. The summed E-state index contributed by atoms with van der Waals surface area (Å²) in [4.78, 5) is 27.3. The zero-order valence-corrected chi connectivity index (χ0v) is 15.1. The number of aryl methyl sites for hydroxylation is 1. The predicted octanol–water partition coefficient (Wildman–Crippen LogP) is 1.28. The predicted molar refractivity (Wildman–Crippen MR) is 102 cm³/mol. The number of anilines is 2. The molecule has 1 aromatic carbocycles. The third-order valence-electron chi connectivity index (χ3n) is 4.64. The summed E-state index contributed by atoms with van der Waals surface area (Å²) in [7, 11) is 0. The Balaban J connectivity index is 1.55. The molecular formula is C19H21N5O3. The van der Waals surface area contributed by atoms with Crippen molar-refractivity contribution in [2.75, 3.05) is 36.5 Å². The van der Waals surface area contributed by atoms with E-state index in [1.54, 1.807) is 12.3 Å². The van der Waals surface area contributed by atoms with Gasteiger partial charge in [-0.2, -0.15) is 5.10 Å². The first kappa shape index (κ1) is 17.3. The SMILES string of the molecule is Cc1nn(CC(=O)Nc2ccccc2N2CCOCC2)c(=O)n2cccc12. The lowest BCUT2D eigenvalue weighted by Crippen LogP contribution is -2.37. The van der Waals surface area contributed by atoms with E-state index in [0.717, 1.165) is 30.0 Å². The number of carbonyl (C=O) groups excluding carboxylic acids is 1. The van der Waals surface area contributed by atoms with E-state index in [2.05, 4.69) is 15.3 Å². The molecule has 2 aromatic heterocycles. The summed E-state index contributed by atoms with van der Waals surface area (Å²) in [5.41, 5.74) is 2.77. The van der Waals surface area contributed by atoms with Gasteiger partial charge >= 0.3 is 5.69 Å². The van der Waals surface area contributed by atoms with Crippen molar-refractivity contribution in [1.29, 1.82) is 0 Å². The summed E-state index contributed by atoms with van der Waals surface area (Å²) in [5.74, 6) is -0.295. The number of fused-ring (bicyclic) bond motifs is 1. The molecule has 1 aliphatic heterocycles. The summed E-state index contributed by atoms with van der Waals surface area (Å²) in [6.45, 7) is 4.55. The van der Waals surface area contributed by atoms with E-state index < -0.39 is 0 Å². The molecule has 1 aliphatic rings. The molecule has 0 radical (unpaired) electrons. The lowest BCUT2D eigenvalue weighted by atomic mass is 10.2. The van der Waals surface area contributed by atoms with Gasteiger partial charge in [0.2, 0.25) is 5.91 Å². The van der Waals surface area contributed by atoms with Crippen LogP contribution in [0.2, 0.25) is 0 Å². The van der Waals surface area contributed by atoms with E-state index in [1.807, 2.05) is 37.3 Å². The van der Waals surface area contributed by atoms with E-state index >= 15 is 0 Å². The topological polar surface area (TPSA) is 80.9 Å². The van der Waals surface area contributed by atoms with Gasteiger partial charge in [0.1, 0.15) is 6.54 Å². The number of benzene rings is 1. The van der Waals surface area contributed by atoms with Gasteiger partial charge in [0.15, 0.2) is 0 Å². The van der Waals surface area contributed by atoms with E-state index in [9.17, 15) is 9.59 Å². The number of aromatic nitrogens is 3. The maximum Gasteiger partial charge on any atom is 0.349 e. The standard InChI is InChI=1S/C19H21N5O3/c1-14-16-7-4-8-23(16)19(26)24(21-14)13-18(25)20-15-5-2-3-6-17(15)22-9-11-27-12-10-22/h2-8H,9-13H2,1H3,(H,20,25). The minimum absolute atomic E-state index is 0.148. The molecule has 1 N–H and O–H groups in total. The van der Waals surface area contributed by atoms with E-state index in [1.165, 1.54) is 9.08 Å². The van der Waals surface area contributed by atoms with Gasteiger partial charge in [0.25, 0.3) is 0 Å². The maximum absolute atomic E-state index is 12.6. The molecule has 0 atom stereocenters. The van der Waals surface area contributed by atoms with E-state index in [4.69, 9.17) is 4.74 Å². The summed E-state index contributed by atoms with van der Waals surface area (Å²) in [6.07, 6.45) is 1.68. The molecule has 0 spiro atoms.